The van der Waals surface area contributed by atoms with Crippen LogP contribution in [-0.4, -0.2) is 29.7 Å². The Balaban J connectivity index is 2.48. The minimum Gasteiger partial charge on any atom is -0.295 e. The molecule has 1 fully saturated rings. The van der Waals surface area contributed by atoms with Gasteiger partial charge in [-0.05, 0) is 26.7 Å². The van der Waals surface area contributed by atoms with E-state index < -0.39 is 6.17 Å². The lowest BCUT2D eigenvalue weighted by Crippen LogP contribution is -2.41. The van der Waals surface area contributed by atoms with Crippen LogP contribution in [0.2, 0.25) is 0 Å². The fourth-order valence-corrected chi connectivity index (χ4v) is 1.49. The van der Waals surface area contributed by atoms with Gasteiger partial charge in [-0.25, -0.2) is 4.39 Å². The van der Waals surface area contributed by atoms with Gasteiger partial charge in [-0.15, -0.1) is 0 Å². The molecular formula is C9H18FN. The van der Waals surface area contributed by atoms with Gasteiger partial charge in [0.25, 0.3) is 0 Å². The third-order valence-electron chi connectivity index (χ3n) is 2.85. The monoisotopic (exact) mass is 159 g/mol. The van der Waals surface area contributed by atoms with Crippen molar-refractivity contribution < 1.29 is 4.39 Å². The van der Waals surface area contributed by atoms with E-state index in [1.54, 1.807) is 0 Å². The van der Waals surface area contributed by atoms with Crippen LogP contribution in [0.1, 0.15) is 33.6 Å². The van der Waals surface area contributed by atoms with Gasteiger partial charge >= 0.3 is 0 Å². The van der Waals surface area contributed by atoms with Crippen LogP contribution in [-0.2, 0) is 0 Å². The summed E-state index contributed by atoms with van der Waals surface area (Å²) in [6.45, 7) is 8.10. The molecule has 1 heterocycles. The van der Waals surface area contributed by atoms with Crippen molar-refractivity contribution in [3.63, 3.8) is 0 Å². The predicted octanol–water partition coefficient (Wildman–Crippen LogP) is 2.22. The summed E-state index contributed by atoms with van der Waals surface area (Å²) in [7, 11) is 0. The maximum atomic E-state index is 12.8. The molecule has 0 radical (unpaired) electrons. The molecule has 1 aliphatic heterocycles. The largest absolute Gasteiger partial charge is 0.295 e. The maximum Gasteiger partial charge on any atom is 0.114 e. The van der Waals surface area contributed by atoms with Crippen molar-refractivity contribution in [2.75, 3.05) is 13.1 Å². The topological polar surface area (TPSA) is 3.24 Å². The molecule has 2 heteroatoms. The van der Waals surface area contributed by atoms with E-state index in [-0.39, 0.29) is 5.54 Å². The minimum atomic E-state index is -0.583. The highest BCUT2D eigenvalue weighted by molar-refractivity contribution is 4.86. The van der Waals surface area contributed by atoms with Crippen LogP contribution >= 0.6 is 0 Å². The average molecular weight is 159 g/mol. The number of hydrogen-bond acceptors (Lipinski definition) is 1. The van der Waals surface area contributed by atoms with Crippen molar-refractivity contribution in [3.8, 4) is 0 Å². The molecular weight excluding hydrogens is 141 g/mol. The maximum absolute atomic E-state index is 12.8. The van der Waals surface area contributed by atoms with Gasteiger partial charge in [0.2, 0.25) is 0 Å². The molecule has 0 unspecified atom stereocenters. The van der Waals surface area contributed by atoms with Crippen LogP contribution in [0.5, 0.6) is 0 Å². The van der Waals surface area contributed by atoms with Crippen molar-refractivity contribution in [1.29, 1.82) is 0 Å². The molecule has 0 aliphatic carbocycles. The third kappa shape index (κ3) is 1.92. The van der Waals surface area contributed by atoms with E-state index in [0.717, 1.165) is 19.4 Å². The van der Waals surface area contributed by atoms with Crippen molar-refractivity contribution in [2.45, 2.75) is 45.3 Å². The summed E-state index contributed by atoms with van der Waals surface area (Å²) in [4.78, 5) is 2.25. The Labute approximate surface area is 68.6 Å². The van der Waals surface area contributed by atoms with Gasteiger partial charge in [0.15, 0.2) is 0 Å². The molecule has 1 aliphatic rings. The van der Waals surface area contributed by atoms with E-state index in [9.17, 15) is 4.39 Å². The van der Waals surface area contributed by atoms with Gasteiger partial charge in [-0.3, -0.25) is 4.90 Å². The molecule has 1 rings (SSSR count). The average Bonchev–Trinajstić information content (AvgIpc) is 2.36. The minimum absolute atomic E-state index is 0.195. The lowest BCUT2D eigenvalue weighted by atomic mass is 10.0. The Morgan fingerprint density at radius 2 is 2.18 bits per heavy atom. The number of hydrogen-bond donors (Lipinski definition) is 0. The van der Waals surface area contributed by atoms with Gasteiger partial charge in [0.1, 0.15) is 6.17 Å². The standard InChI is InChI=1S/C9H18FN/c1-4-9(2,3)11-6-5-8(10)7-11/h8H,4-7H2,1-3H3/t8-/m0/s1. The van der Waals surface area contributed by atoms with Crippen molar-refractivity contribution >= 4 is 0 Å². The number of alkyl halides is 1. The molecule has 0 aromatic heterocycles. The zero-order chi connectivity index (χ0) is 8.48. The molecule has 1 nitrogen and oxygen atoms in total. The highest BCUT2D eigenvalue weighted by Crippen LogP contribution is 2.24. The Morgan fingerprint density at radius 3 is 2.55 bits per heavy atom. The molecule has 1 saturated heterocycles. The highest BCUT2D eigenvalue weighted by atomic mass is 19.1. The molecule has 0 amide bonds. The van der Waals surface area contributed by atoms with E-state index in [1.807, 2.05) is 0 Å². The summed E-state index contributed by atoms with van der Waals surface area (Å²) in [6, 6.07) is 0. The first kappa shape index (κ1) is 8.98. The molecule has 11 heavy (non-hydrogen) atoms. The van der Waals surface area contributed by atoms with Crippen LogP contribution in [0, 0.1) is 0 Å². The normalized spacial score (nSPS) is 27.8. The Hall–Kier alpha value is -0.110. The number of likely N-dealkylation sites (tertiary alicyclic amines) is 1. The van der Waals surface area contributed by atoms with E-state index in [4.69, 9.17) is 0 Å². The number of nitrogens with zero attached hydrogens (tertiary/aromatic N) is 1. The van der Waals surface area contributed by atoms with Crippen LogP contribution < -0.4 is 0 Å². The van der Waals surface area contributed by atoms with E-state index in [2.05, 4.69) is 25.7 Å². The number of rotatable bonds is 2. The van der Waals surface area contributed by atoms with Gasteiger partial charge in [-0.2, -0.15) is 0 Å². The SMILES string of the molecule is CCC(C)(C)N1CC[C@H](F)C1. The van der Waals surface area contributed by atoms with Crippen molar-refractivity contribution in [3.05, 3.63) is 0 Å². The summed E-state index contributed by atoms with van der Waals surface area (Å²) in [5.41, 5.74) is 0.195. The van der Waals surface area contributed by atoms with Crippen LogP contribution in [0.4, 0.5) is 4.39 Å². The summed E-state index contributed by atoms with van der Waals surface area (Å²) < 4.78 is 12.8. The molecule has 0 saturated carbocycles. The second-order valence-electron chi connectivity index (χ2n) is 4.00. The zero-order valence-electron chi connectivity index (χ0n) is 7.73. The predicted molar refractivity (Wildman–Crippen MR) is 45.5 cm³/mol. The van der Waals surface area contributed by atoms with Gasteiger partial charge < -0.3 is 0 Å². The Morgan fingerprint density at radius 1 is 1.55 bits per heavy atom. The molecule has 0 spiro atoms. The quantitative estimate of drug-likeness (QED) is 0.597. The van der Waals surface area contributed by atoms with E-state index in [1.165, 1.54) is 0 Å². The molecule has 0 aromatic rings. The lowest BCUT2D eigenvalue weighted by Gasteiger charge is -2.34. The first-order valence-corrected chi connectivity index (χ1v) is 4.45. The van der Waals surface area contributed by atoms with Gasteiger partial charge in [0, 0.05) is 18.6 Å². The molecule has 66 valence electrons. The molecule has 1 atom stereocenters. The lowest BCUT2D eigenvalue weighted by molar-refractivity contribution is 0.138. The zero-order valence-corrected chi connectivity index (χ0v) is 7.73. The summed E-state index contributed by atoms with van der Waals surface area (Å²) >= 11 is 0. The second kappa shape index (κ2) is 3.10. The van der Waals surface area contributed by atoms with Gasteiger partial charge in [0.05, 0.1) is 0 Å². The summed E-state index contributed by atoms with van der Waals surface area (Å²) in [6.07, 6.45) is 1.24. The molecule has 0 bridgehead atoms. The second-order valence-corrected chi connectivity index (χ2v) is 4.00. The smallest absolute Gasteiger partial charge is 0.114 e. The van der Waals surface area contributed by atoms with Crippen LogP contribution in [0.15, 0.2) is 0 Å². The first-order chi connectivity index (χ1) is 5.06. The Bertz CT molecular complexity index is 134. The van der Waals surface area contributed by atoms with Crippen molar-refractivity contribution in [1.82, 2.24) is 4.90 Å². The molecule has 0 N–H and O–H groups in total. The van der Waals surface area contributed by atoms with E-state index in [0.29, 0.717) is 6.54 Å². The number of halogens is 1. The van der Waals surface area contributed by atoms with Crippen LogP contribution in [0.3, 0.4) is 0 Å². The van der Waals surface area contributed by atoms with E-state index >= 15 is 0 Å². The summed E-state index contributed by atoms with van der Waals surface area (Å²) in [5.74, 6) is 0. The van der Waals surface area contributed by atoms with Crippen LogP contribution in [0.25, 0.3) is 0 Å². The molecule has 0 aromatic carbocycles. The highest BCUT2D eigenvalue weighted by Gasteiger charge is 2.31. The Kier molecular flexibility index (Phi) is 2.53. The summed E-state index contributed by atoms with van der Waals surface area (Å²) in [5, 5.41) is 0. The van der Waals surface area contributed by atoms with Gasteiger partial charge in [-0.1, -0.05) is 6.92 Å². The third-order valence-corrected chi connectivity index (χ3v) is 2.85. The van der Waals surface area contributed by atoms with Crippen molar-refractivity contribution in [2.24, 2.45) is 0 Å². The fourth-order valence-electron chi connectivity index (χ4n) is 1.49. The first-order valence-electron chi connectivity index (χ1n) is 4.45. The fraction of sp³-hybridized carbons (Fsp3) is 1.00.